The van der Waals surface area contributed by atoms with Crippen molar-refractivity contribution in [1.29, 1.82) is 0 Å². The maximum absolute atomic E-state index is 9.47. The SMILES string of the molecule is O[C@@H]1COC[C@H]1OC1CCCCC1. The number of hydrogen-bond acceptors (Lipinski definition) is 3. The van der Waals surface area contributed by atoms with Gasteiger partial charge in [0.15, 0.2) is 0 Å². The van der Waals surface area contributed by atoms with Crippen LogP contribution in [0.25, 0.3) is 0 Å². The van der Waals surface area contributed by atoms with Crippen LogP contribution >= 0.6 is 0 Å². The molecular formula is C10H18O3. The Morgan fingerprint density at radius 3 is 2.46 bits per heavy atom. The first-order chi connectivity index (χ1) is 6.36. The summed E-state index contributed by atoms with van der Waals surface area (Å²) in [6.07, 6.45) is 6.10. The molecule has 3 heteroatoms. The Bertz CT molecular complexity index is 154. The highest BCUT2D eigenvalue weighted by Crippen LogP contribution is 2.23. The largest absolute Gasteiger partial charge is 0.388 e. The molecule has 2 atom stereocenters. The minimum absolute atomic E-state index is 0.0666. The summed E-state index contributed by atoms with van der Waals surface area (Å²) in [7, 11) is 0. The van der Waals surface area contributed by atoms with Gasteiger partial charge in [-0.25, -0.2) is 0 Å². The number of aliphatic hydroxyl groups is 1. The van der Waals surface area contributed by atoms with Crippen LogP contribution in [0.4, 0.5) is 0 Å². The molecular weight excluding hydrogens is 168 g/mol. The molecule has 2 fully saturated rings. The molecule has 0 spiro atoms. The van der Waals surface area contributed by atoms with E-state index in [-0.39, 0.29) is 6.10 Å². The maximum Gasteiger partial charge on any atom is 0.109 e. The quantitative estimate of drug-likeness (QED) is 0.701. The van der Waals surface area contributed by atoms with E-state index in [4.69, 9.17) is 9.47 Å². The topological polar surface area (TPSA) is 38.7 Å². The number of ether oxygens (including phenoxy) is 2. The van der Waals surface area contributed by atoms with Gasteiger partial charge >= 0.3 is 0 Å². The molecule has 1 N–H and O–H groups in total. The summed E-state index contributed by atoms with van der Waals surface area (Å²) < 4.78 is 10.9. The molecule has 13 heavy (non-hydrogen) atoms. The first-order valence-electron chi connectivity index (χ1n) is 5.27. The normalized spacial score (nSPS) is 36.7. The second-order valence-electron chi connectivity index (χ2n) is 4.04. The third-order valence-corrected chi connectivity index (χ3v) is 2.92. The molecule has 2 aliphatic rings. The lowest BCUT2D eigenvalue weighted by Gasteiger charge is -2.26. The Morgan fingerprint density at radius 1 is 1.08 bits per heavy atom. The van der Waals surface area contributed by atoms with Gasteiger partial charge in [0.25, 0.3) is 0 Å². The first-order valence-corrected chi connectivity index (χ1v) is 5.27. The molecule has 0 aromatic carbocycles. The third kappa shape index (κ3) is 2.42. The molecule has 0 aromatic heterocycles. The zero-order chi connectivity index (χ0) is 9.10. The summed E-state index contributed by atoms with van der Waals surface area (Å²) in [4.78, 5) is 0. The van der Waals surface area contributed by atoms with Crippen molar-refractivity contribution in [3.8, 4) is 0 Å². The molecule has 0 aromatic rings. The van der Waals surface area contributed by atoms with Crippen molar-refractivity contribution in [2.45, 2.75) is 50.4 Å². The average molecular weight is 186 g/mol. The molecule has 0 unspecified atom stereocenters. The smallest absolute Gasteiger partial charge is 0.109 e. The Labute approximate surface area is 79.0 Å². The summed E-state index contributed by atoms with van der Waals surface area (Å²) >= 11 is 0. The minimum Gasteiger partial charge on any atom is -0.388 e. The van der Waals surface area contributed by atoms with Gasteiger partial charge in [-0.2, -0.15) is 0 Å². The van der Waals surface area contributed by atoms with Crippen LogP contribution in [0.5, 0.6) is 0 Å². The lowest BCUT2D eigenvalue weighted by Crippen LogP contribution is -2.32. The summed E-state index contributed by atoms with van der Waals surface area (Å²) in [5, 5.41) is 9.47. The van der Waals surface area contributed by atoms with Gasteiger partial charge in [-0.3, -0.25) is 0 Å². The molecule has 2 rings (SSSR count). The molecule has 3 nitrogen and oxygen atoms in total. The summed E-state index contributed by atoms with van der Waals surface area (Å²) in [6, 6.07) is 0. The predicted molar refractivity (Wildman–Crippen MR) is 48.6 cm³/mol. The molecule has 1 saturated carbocycles. The third-order valence-electron chi connectivity index (χ3n) is 2.92. The second-order valence-corrected chi connectivity index (χ2v) is 4.04. The van der Waals surface area contributed by atoms with Gasteiger partial charge in [-0.15, -0.1) is 0 Å². The Balaban J connectivity index is 1.75. The molecule has 1 saturated heterocycles. The van der Waals surface area contributed by atoms with Crippen LogP contribution in [0, 0.1) is 0 Å². The number of hydrogen-bond donors (Lipinski definition) is 1. The van der Waals surface area contributed by atoms with E-state index >= 15 is 0 Å². The van der Waals surface area contributed by atoms with Crippen LogP contribution in [0.3, 0.4) is 0 Å². The van der Waals surface area contributed by atoms with Crippen LogP contribution in [0.1, 0.15) is 32.1 Å². The van der Waals surface area contributed by atoms with Crippen molar-refractivity contribution < 1.29 is 14.6 Å². The lowest BCUT2D eigenvalue weighted by molar-refractivity contribution is -0.0673. The maximum atomic E-state index is 9.47. The molecule has 76 valence electrons. The lowest BCUT2D eigenvalue weighted by atomic mass is 9.97. The molecule has 0 amide bonds. The highest BCUT2D eigenvalue weighted by molar-refractivity contribution is 4.77. The van der Waals surface area contributed by atoms with E-state index in [0.717, 1.165) is 12.8 Å². The number of rotatable bonds is 2. The molecule has 1 heterocycles. The first kappa shape index (κ1) is 9.44. The molecule has 1 aliphatic carbocycles. The van der Waals surface area contributed by atoms with Crippen molar-refractivity contribution in [2.24, 2.45) is 0 Å². The van der Waals surface area contributed by atoms with Crippen LogP contribution in [-0.2, 0) is 9.47 Å². The van der Waals surface area contributed by atoms with Gasteiger partial charge in [0.05, 0.1) is 19.3 Å². The van der Waals surface area contributed by atoms with Gasteiger partial charge in [-0.1, -0.05) is 19.3 Å². The van der Waals surface area contributed by atoms with Crippen molar-refractivity contribution in [2.75, 3.05) is 13.2 Å². The van der Waals surface area contributed by atoms with Crippen LogP contribution in [0.15, 0.2) is 0 Å². The van der Waals surface area contributed by atoms with Gasteiger partial charge < -0.3 is 14.6 Å². The Morgan fingerprint density at radius 2 is 1.85 bits per heavy atom. The fourth-order valence-corrected chi connectivity index (χ4v) is 2.10. The minimum atomic E-state index is -0.401. The van der Waals surface area contributed by atoms with E-state index in [2.05, 4.69) is 0 Å². The number of aliphatic hydroxyl groups excluding tert-OH is 1. The fourth-order valence-electron chi connectivity index (χ4n) is 2.10. The zero-order valence-electron chi connectivity index (χ0n) is 7.95. The van der Waals surface area contributed by atoms with Crippen LogP contribution < -0.4 is 0 Å². The highest BCUT2D eigenvalue weighted by atomic mass is 16.6. The van der Waals surface area contributed by atoms with Crippen molar-refractivity contribution in [1.82, 2.24) is 0 Å². The fraction of sp³-hybridized carbons (Fsp3) is 1.00. The van der Waals surface area contributed by atoms with E-state index < -0.39 is 6.10 Å². The summed E-state index contributed by atoms with van der Waals surface area (Å²) in [6.45, 7) is 1.01. The van der Waals surface area contributed by atoms with E-state index in [1.807, 2.05) is 0 Å². The average Bonchev–Trinajstić information content (AvgIpc) is 2.54. The summed E-state index contributed by atoms with van der Waals surface area (Å²) in [5.41, 5.74) is 0. The monoisotopic (exact) mass is 186 g/mol. The molecule has 0 radical (unpaired) electrons. The van der Waals surface area contributed by atoms with E-state index in [1.165, 1.54) is 19.3 Å². The van der Waals surface area contributed by atoms with Crippen molar-refractivity contribution >= 4 is 0 Å². The van der Waals surface area contributed by atoms with Crippen LogP contribution in [0.2, 0.25) is 0 Å². The Kier molecular flexibility index (Phi) is 3.19. The second kappa shape index (κ2) is 4.40. The van der Waals surface area contributed by atoms with Gasteiger partial charge in [-0.05, 0) is 12.8 Å². The van der Waals surface area contributed by atoms with Gasteiger partial charge in [0.2, 0.25) is 0 Å². The van der Waals surface area contributed by atoms with Crippen LogP contribution in [-0.4, -0.2) is 36.6 Å². The van der Waals surface area contributed by atoms with Crippen molar-refractivity contribution in [3.63, 3.8) is 0 Å². The molecule has 0 bridgehead atoms. The van der Waals surface area contributed by atoms with Crippen molar-refractivity contribution in [3.05, 3.63) is 0 Å². The van der Waals surface area contributed by atoms with Gasteiger partial charge in [0, 0.05) is 0 Å². The summed E-state index contributed by atoms with van der Waals surface area (Å²) in [5.74, 6) is 0. The van der Waals surface area contributed by atoms with Gasteiger partial charge in [0.1, 0.15) is 12.2 Å². The van der Waals surface area contributed by atoms with E-state index in [1.54, 1.807) is 0 Å². The molecule has 1 aliphatic heterocycles. The predicted octanol–water partition coefficient (Wildman–Crippen LogP) is 1.10. The Hall–Kier alpha value is -0.120. The van der Waals surface area contributed by atoms with E-state index in [9.17, 15) is 5.11 Å². The van der Waals surface area contributed by atoms with E-state index in [0.29, 0.717) is 19.3 Å². The zero-order valence-corrected chi connectivity index (χ0v) is 7.95. The highest BCUT2D eigenvalue weighted by Gasteiger charge is 2.29. The standard InChI is InChI=1S/C10H18O3/c11-9-6-12-7-10(9)13-8-4-2-1-3-5-8/h8-11H,1-7H2/t9-,10-/m1/s1.